The van der Waals surface area contributed by atoms with Crippen molar-refractivity contribution in [1.82, 2.24) is 4.90 Å². The number of Topliss-reactive ketones (excluding diaryl/α,β-unsaturated/α-hetero) is 1. The van der Waals surface area contributed by atoms with E-state index >= 15 is 0 Å². The van der Waals surface area contributed by atoms with Gasteiger partial charge < -0.3 is 4.74 Å². The van der Waals surface area contributed by atoms with Crippen molar-refractivity contribution in [1.29, 1.82) is 0 Å². The minimum atomic E-state index is -0.281. The van der Waals surface area contributed by atoms with E-state index in [1.165, 1.54) is 0 Å². The molecule has 0 aliphatic carbocycles. The van der Waals surface area contributed by atoms with Crippen LogP contribution in [0.3, 0.4) is 0 Å². The van der Waals surface area contributed by atoms with Gasteiger partial charge in [0.25, 0.3) is 0 Å². The maximum atomic E-state index is 12.1. The first-order valence-corrected chi connectivity index (χ1v) is 6.29. The lowest BCUT2D eigenvalue weighted by Gasteiger charge is -2.40. The minimum absolute atomic E-state index is 0.0289. The molecule has 0 amide bonds. The van der Waals surface area contributed by atoms with Crippen LogP contribution in [0, 0.1) is 5.41 Å². The summed E-state index contributed by atoms with van der Waals surface area (Å²) in [5.74, 6) is 0.273. The number of hydrogen-bond acceptors (Lipinski definition) is 3. The van der Waals surface area contributed by atoms with Gasteiger partial charge in [0, 0.05) is 24.1 Å². The molecule has 0 aliphatic heterocycles. The molecule has 0 radical (unpaired) electrons. The monoisotopic (exact) mass is 243 g/mol. The van der Waals surface area contributed by atoms with E-state index in [0.717, 1.165) is 0 Å². The van der Waals surface area contributed by atoms with Crippen LogP contribution in [-0.2, 0) is 9.53 Å². The van der Waals surface area contributed by atoms with Gasteiger partial charge in [-0.3, -0.25) is 9.69 Å². The van der Waals surface area contributed by atoms with Gasteiger partial charge in [-0.05, 0) is 27.7 Å². The molecule has 0 unspecified atom stereocenters. The van der Waals surface area contributed by atoms with Gasteiger partial charge in [-0.25, -0.2) is 0 Å². The Labute approximate surface area is 107 Å². The molecular formula is C14H29NO2. The molecule has 102 valence electrons. The topological polar surface area (TPSA) is 29.5 Å². The quantitative estimate of drug-likeness (QED) is 0.743. The third-order valence-corrected chi connectivity index (χ3v) is 2.95. The third-order valence-electron chi connectivity index (χ3n) is 2.95. The smallest absolute Gasteiger partial charge is 0.152 e. The van der Waals surface area contributed by atoms with Crippen LogP contribution >= 0.6 is 0 Å². The van der Waals surface area contributed by atoms with Gasteiger partial charge >= 0.3 is 0 Å². The highest BCUT2D eigenvalue weighted by Gasteiger charge is 2.31. The molecule has 0 fully saturated rings. The summed E-state index contributed by atoms with van der Waals surface area (Å²) in [6.45, 7) is 15.5. The highest BCUT2D eigenvalue weighted by atomic mass is 16.5. The largest absolute Gasteiger partial charge is 0.383 e. The average Bonchev–Trinajstić information content (AvgIpc) is 2.10. The first-order chi connectivity index (χ1) is 7.50. The van der Waals surface area contributed by atoms with Gasteiger partial charge in [0.05, 0.1) is 13.2 Å². The van der Waals surface area contributed by atoms with Gasteiger partial charge in [-0.15, -0.1) is 0 Å². The molecule has 1 atom stereocenters. The van der Waals surface area contributed by atoms with E-state index < -0.39 is 0 Å². The van der Waals surface area contributed by atoms with Gasteiger partial charge in [0.15, 0.2) is 5.78 Å². The summed E-state index contributed by atoms with van der Waals surface area (Å²) < 4.78 is 5.19. The number of hydrogen-bond donors (Lipinski definition) is 0. The second-order valence-corrected chi connectivity index (χ2v) is 6.78. The van der Waals surface area contributed by atoms with E-state index in [2.05, 4.69) is 32.6 Å². The summed E-state index contributed by atoms with van der Waals surface area (Å²) in [5.41, 5.74) is -0.310. The molecule has 0 bridgehead atoms. The molecule has 0 aromatic rings. The Morgan fingerprint density at radius 1 is 1.18 bits per heavy atom. The Bertz CT molecular complexity index is 248. The first kappa shape index (κ1) is 16.6. The Morgan fingerprint density at radius 2 is 1.65 bits per heavy atom. The zero-order valence-electron chi connectivity index (χ0n) is 12.8. The molecule has 3 nitrogen and oxygen atoms in total. The van der Waals surface area contributed by atoms with Crippen molar-refractivity contribution in [3.05, 3.63) is 0 Å². The van der Waals surface area contributed by atoms with E-state index in [0.29, 0.717) is 13.2 Å². The minimum Gasteiger partial charge on any atom is -0.383 e. The number of methoxy groups -OCH3 is 1. The fraction of sp³-hybridized carbons (Fsp3) is 0.929. The van der Waals surface area contributed by atoms with Crippen molar-refractivity contribution in [3.8, 4) is 0 Å². The molecule has 0 heterocycles. The van der Waals surface area contributed by atoms with Crippen molar-refractivity contribution in [2.24, 2.45) is 5.41 Å². The Morgan fingerprint density at radius 3 is 1.94 bits per heavy atom. The molecular weight excluding hydrogens is 214 g/mol. The maximum absolute atomic E-state index is 12.1. The summed E-state index contributed by atoms with van der Waals surface area (Å²) in [6.07, 6.45) is 0. The van der Waals surface area contributed by atoms with Crippen LogP contribution in [-0.4, -0.2) is 42.5 Å². The highest BCUT2D eigenvalue weighted by molar-refractivity contribution is 5.85. The standard InChI is InChI=1S/C14H29NO2/c1-11(10-17-8)15(14(5,6)7)9-12(16)13(2,3)4/h11H,9-10H2,1-8H3/t11-/m0/s1. The molecule has 0 rings (SSSR count). The second kappa shape index (κ2) is 5.96. The van der Waals surface area contributed by atoms with Crippen LogP contribution < -0.4 is 0 Å². The molecule has 3 heteroatoms. The lowest BCUT2D eigenvalue weighted by Crippen LogP contribution is -2.52. The van der Waals surface area contributed by atoms with Crippen LogP contribution in [0.1, 0.15) is 48.5 Å². The van der Waals surface area contributed by atoms with Crippen LogP contribution in [0.2, 0.25) is 0 Å². The lowest BCUT2D eigenvalue weighted by molar-refractivity contribution is -0.130. The number of carbonyl (C=O) groups is 1. The highest BCUT2D eigenvalue weighted by Crippen LogP contribution is 2.21. The molecule has 17 heavy (non-hydrogen) atoms. The number of ether oxygens (including phenoxy) is 1. The average molecular weight is 243 g/mol. The van der Waals surface area contributed by atoms with Gasteiger partial charge in [-0.2, -0.15) is 0 Å². The first-order valence-electron chi connectivity index (χ1n) is 6.29. The van der Waals surface area contributed by atoms with E-state index in [9.17, 15) is 4.79 Å². The molecule has 0 aromatic heterocycles. The second-order valence-electron chi connectivity index (χ2n) is 6.78. The molecule has 0 aliphatic rings. The zero-order chi connectivity index (χ0) is 13.9. The third kappa shape index (κ3) is 5.64. The zero-order valence-corrected chi connectivity index (χ0v) is 12.8. The molecule has 0 N–H and O–H groups in total. The van der Waals surface area contributed by atoms with Crippen molar-refractivity contribution in [2.45, 2.75) is 60.0 Å². The summed E-state index contributed by atoms with van der Waals surface area (Å²) in [7, 11) is 1.70. The van der Waals surface area contributed by atoms with E-state index in [4.69, 9.17) is 4.74 Å². The van der Waals surface area contributed by atoms with Crippen molar-refractivity contribution < 1.29 is 9.53 Å². The predicted molar refractivity (Wildman–Crippen MR) is 72.3 cm³/mol. The number of ketones is 1. The van der Waals surface area contributed by atoms with Crippen molar-refractivity contribution in [3.63, 3.8) is 0 Å². The Hall–Kier alpha value is -0.410. The van der Waals surface area contributed by atoms with Crippen LogP contribution in [0.4, 0.5) is 0 Å². The summed E-state index contributed by atoms with van der Waals surface area (Å²) in [4.78, 5) is 14.4. The summed E-state index contributed by atoms with van der Waals surface area (Å²) in [6, 6.07) is 0.242. The SMILES string of the molecule is COC[C@H](C)N(CC(=O)C(C)(C)C)C(C)(C)C. The molecule has 0 saturated carbocycles. The lowest BCUT2D eigenvalue weighted by atomic mass is 9.89. The molecule has 0 saturated heterocycles. The van der Waals surface area contributed by atoms with Gasteiger partial charge in [0.2, 0.25) is 0 Å². The predicted octanol–water partition coefficient (Wildman–Crippen LogP) is 2.74. The van der Waals surface area contributed by atoms with E-state index in [1.807, 2.05) is 20.8 Å². The fourth-order valence-electron chi connectivity index (χ4n) is 1.78. The van der Waals surface area contributed by atoms with Gasteiger partial charge in [-0.1, -0.05) is 20.8 Å². The van der Waals surface area contributed by atoms with E-state index in [-0.39, 0.29) is 22.8 Å². The maximum Gasteiger partial charge on any atom is 0.152 e. The van der Waals surface area contributed by atoms with Crippen LogP contribution in [0.5, 0.6) is 0 Å². The Balaban J connectivity index is 4.79. The normalized spacial score (nSPS) is 15.1. The van der Waals surface area contributed by atoms with Crippen LogP contribution in [0.15, 0.2) is 0 Å². The fourth-order valence-corrected chi connectivity index (χ4v) is 1.78. The van der Waals surface area contributed by atoms with Crippen LogP contribution in [0.25, 0.3) is 0 Å². The Kier molecular flexibility index (Phi) is 5.82. The molecule has 0 spiro atoms. The summed E-state index contributed by atoms with van der Waals surface area (Å²) >= 11 is 0. The van der Waals surface area contributed by atoms with Crippen molar-refractivity contribution >= 4 is 5.78 Å². The van der Waals surface area contributed by atoms with Crippen molar-refractivity contribution in [2.75, 3.05) is 20.3 Å². The molecule has 0 aromatic carbocycles. The number of rotatable bonds is 5. The number of carbonyl (C=O) groups excluding carboxylic acids is 1. The van der Waals surface area contributed by atoms with Gasteiger partial charge in [0.1, 0.15) is 0 Å². The summed E-state index contributed by atoms with van der Waals surface area (Å²) in [5, 5.41) is 0. The number of nitrogens with zero attached hydrogens (tertiary/aromatic N) is 1. The van der Waals surface area contributed by atoms with E-state index in [1.54, 1.807) is 7.11 Å².